The molecule has 1 aromatic rings. The number of esters is 1. The van der Waals surface area contributed by atoms with Crippen molar-refractivity contribution in [1.82, 2.24) is 9.71 Å². The minimum absolute atomic E-state index is 0.0790. The molecule has 0 aliphatic heterocycles. The van der Waals surface area contributed by atoms with E-state index in [-0.39, 0.29) is 18.6 Å². The summed E-state index contributed by atoms with van der Waals surface area (Å²) in [5.41, 5.74) is 0.833. The Labute approximate surface area is 113 Å². The summed E-state index contributed by atoms with van der Waals surface area (Å²) in [6.45, 7) is 0.303. The van der Waals surface area contributed by atoms with Crippen LogP contribution in [0.1, 0.15) is 18.5 Å². The molecule has 0 atom stereocenters. The molecular weight excluding hydrogens is 268 g/mol. The van der Waals surface area contributed by atoms with Crippen molar-refractivity contribution in [2.75, 3.05) is 19.4 Å². The minimum atomic E-state index is -3.34. The van der Waals surface area contributed by atoms with Crippen LogP contribution in [0, 0.1) is 0 Å². The third-order valence-corrected chi connectivity index (χ3v) is 3.92. The van der Waals surface area contributed by atoms with E-state index in [0.29, 0.717) is 13.0 Å². The van der Waals surface area contributed by atoms with Crippen molar-refractivity contribution in [3.05, 3.63) is 30.1 Å². The van der Waals surface area contributed by atoms with Crippen LogP contribution in [0.25, 0.3) is 0 Å². The Kier molecular flexibility index (Phi) is 6.44. The zero-order valence-corrected chi connectivity index (χ0v) is 11.6. The fraction of sp³-hybridized carbons (Fsp3) is 0.500. The number of nitrogens with zero attached hydrogens (tertiary/aromatic N) is 1. The molecule has 1 heterocycles. The Morgan fingerprint density at radius 3 is 2.84 bits per heavy atom. The highest BCUT2D eigenvalue weighted by molar-refractivity contribution is 7.89. The number of pyridine rings is 1. The van der Waals surface area contributed by atoms with Gasteiger partial charge < -0.3 is 4.74 Å². The normalized spacial score (nSPS) is 11.2. The molecule has 0 spiro atoms. The lowest BCUT2D eigenvalue weighted by atomic mass is 10.3. The standard InChI is InChI=1S/C12H18N2O4S/c1-18-12(15)6-4-10-19(16,17)14-9-7-11-5-2-3-8-13-11/h2-3,5,8,14H,4,6-7,9-10H2,1H3. The average Bonchev–Trinajstić information content (AvgIpc) is 2.39. The van der Waals surface area contributed by atoms with Crippen molar-refractivity contribution in [2.24, 2.45) is 0 Å². The number of carbonyl (C=O) groups excluding carboxylic acids is 1. The molecule has 0 bridgehead atoms. The molecule has 0 saturated heterocycles. The van der Waals surface area contributed by atoms with Gasteiger partial charge >= 0.3 is 5.97 Å². The Morgan fingerprint density at radius 1 is 1.42 bits per heavy atom. The number of nitrogens with one attached hydrogen (secondary N) is 1. The van der Waals surface area contributed by atoms with Crippen LogP contribution in [0.15, 0.2) is 24.4 Å². The largest absolute Gasteiger partial charge is 0.469 e. The zero-order valence-electron chi connectivity index (χ0n) is 10.8. The first kappa shape index (κ1) is 15.6. The van der Waals surface area contributed by atoms with Crippen molar-refractivity contribution in [1.29, 1.82) is 0 Å². The molecule has 7 heteroatoms. The Hall–Kier alpha value is -1.47. The molecule has 0 fully saturated rings. The van der Waals surface area contributed by atoms with Crippen molar-refractivity contribution in [2.45, 2.75) is 19.3 Å². The predicted octanol–water partition coefficient (Wildman–Crippen LogP) is 0.497. The van der Waals surface area contributed by atoms with E-state index in [1.165, 1.54) is 7.11 Å². The first-order chi connectivity index (χ1) is 9.03. The van der Waals surface area contributed by atoms with Crippen LogP contribution < -0.4 is 4.72 Å². The number of aromatic nitrogens is 1. The summed E-state index contributed by atoms with van der Waals surface area (Å²) in [6.07, 6.45) is 2.57. The van der Waals surface area contributed by atoms with Crippen LogP contribution in [0.2, 0.25) is 0 Å². The lowest BCUT2D eigenvalue weighted by molar-refractivity contribution is -0.140. The van der Waals surface area contributed by atoms with Gasteiger partial charge in [0.15, 0.2) is 0 Å². The van der Waals surface area contributed by atoms with Gasteiger partial charge in [-0.25, -0.2) is 13.1 Å². The highest BCUT2D eigenvalue weighted by Crippen LogP contribution is 1.98. The Balaban J connectivity index is 2.25. The molecule has 0 aliphatic rings. The fourth-order valence-electron chi connectivity index (χ4n) is 1.46. The number of ether oxygens (including phenoxy) is 1. The van der Waals surface area contributed by atoms with Gasteiger partial charge in [-0.3, -0.25) is 9.78 Å². The Bertz CT molecular complexity index is 488. The predicted molar refractivity (Wildman–Crippen MR) is 71.0 cm³/mol. The van der Waals surface area contributed by atoms with E-state index in [1.54, 1.807) is 12.3 Å². The molecule has 6 nitrogen and oxygen atoms in total. The van der Waals surface area contributed by atoms with Gasteiger partial charge in [-0.05, 0) is 18.6 Å². The van der Waals surface area contributed by atoms with Crippen LogP contribution in [-0.4, -0.2) is 38.8 Å². The second-order valence-electron chi connectivity index (χ2n) is 3.96. The number of methoxy groups -OCH3 is 1. The molecule has 1 aromatic heterocycles. The van der Waals surface area contributed by atoms with E-state index in [4.69, 9.17) is 0 Å². The van der Waals surface area contributed by atoms with Gasteiger partial charge in [-0.1, -0.05) is 6.07 Å². The molecule has 106 valence electrons. The van der Waals surface area contributed by atoms with E-state index in [9.17, 15) is 13.2 Å². The summed E-state index contributed by atoms with van der Waals surface area (Å²) in [5, 5.41) is 0. The third kappa shape index (κ3) is 6.88. The first-order valence-electron chi connectivity index (χ1n) is 5.97. The number of rotatable bonds is 8. The van der Waals surface area contributed by atoms with Crippen LogP contribution >= 0.6 is 0 Å². The van der Waals surface area contributed by atoms with Gasteiger partial charge in [0.2, 0.25) is 10.0 Å². The topological polar surface area (TPSA) is 85.4 Å². The van der Waals surface area contributed by atoms with Crippen molar-refractivity contribution >= 4 is 16.0 Å². The molecular formula is C12H18N2O4S. The maximum atomic E-state index is 11.6. The van der Waals surface area contributed by atoms with Crippen LogP contribution in [0.3, 0.4) is 0 Å². The maximum absolute atomic E-state index is 11.6. The van der Waals surface area contributed by atoms with Gasteiger partial charge in [0, 0.05) is 31.3 Å². The molecule has 0 saturated carbocycles. The smallest absolute Gasteiger partial charge is 0.305 e. The summed E-state index contributed by atoms with van der Waals surface area (Å²) in [6, 6.07) is 5.50. The number of carbonyl (C=O) groups is 1. The third-order valence-electron chi connectivity index (χ3n) is 2.45. The number of sulfonamides is 1. The van der Waals surface area contributed by atoms with E-state index >= 15 is 0 Å². The summed E-state index contributed by atoms with van der Waals surface area (Å²) in [7, 11) is -2.06. The van der Waals surface area contributed by atoms with Crippen molar-refractivity contribution in [3.8, 4) is 0 Å². The Morgan fingerprint density at radius 2 is 2.21 bits per heavy atom. The quantitative estimate of drug-likeness (QED) is 0.703. The van der Waals surface area contributed by atoms with Crippen LogP contribution in [0.4, 0.5) is 0 Å². The average molecular weight is 286 g/mol. The highest BCUT2D eigenvalue weighted by atomic mass is 32.2. The van der Waals surface area contributed by atoms with Gasteiger partial charge in [0.1, 0.15) is 0 Å². The van der Waals surface area contributed by atoms with Crippen LogP contribution in [-0.2, 0) is 26.0 Å². The number of hydrogen-bond acceptors (Lipinski definition) is 5. The van der Waals surface area contributed by atoms with E-state index in [1.807, 2.05) is 12.1 Å². The minimum Gasteiger partial charge on any atom is -0.469 e. The molecule has 19 heavy (non-hydrogen) atoms. The molecule has 1 N–H and O–H groups in total. The summed E-state index contributed by atoms with van der Waals surface area (Å²) in [5.74, 6) is -0.478. The van der Waals surface area contributed by atoms with Gasteiger partial charge in [0.25, 0.3) is 0 Å². The molecule has 0 unspecified atom stereocenters. The fourth-order valence-corrected chi connectivity index (χ4v) is 2.54. The molecule has 0 aliphatic carbocycles. The lowest BCUT2D eigenvalue weighted by Gasteiger charge is -2.06. The van der Waals surface area contributed by atoms with Crippen LogP contribution in [0.5, 0.6) is 0 Å². The van der Waals surface area contributed by atoms with Crippen molar-refractivity contribution in [3.63, 3.8) is 0 Å². The van der Waals surface area contributed by atoms with Crippen molar-refractivity contribution < 1.29 is 17.9 Å². The van der Waals surface area contributed by atoms with E-state index < -0.39 is 16.0 Å². The summed E-state index contributed by atoms with van der Waals surface area (Å²) >= 11 is 0. The second-order valence-corrected chi connectivity index (χ2v) is 5.89. The SMILES string of the molecule is COC(=O)CCCS(=O)(=O)NCCc1ccccn1. The monoisotopic (exact) mass is 286 g/mol. The zero-order chi connectivity index (χ0) is 14.1. The summed E-state index contributed by atoms with van der Waals surface area (Å²) < 4.78 is 30.1. The van der Waals surface area contributed by atoms with Gasteiger partial charge in [-0.15, -0.1) is 0 Å². The lowest BCUT2D eigenvalue weighted by Crippen LogP contribution is -2.28. The van der Waals surface area contributed by atoms with Gasteiger partial charge in [0.05, 0.1) is 12.9 Å². The van der Waals surface area contributed by atoms with E-state index in [2.05, 4.69) is 14.4 Å². The van der Waals surface area contributed by atoms with Gasteiger partial charge in [-0.2, -0.15) is 0 Å². The summed E-state index contributed by atoms with van der Waals surface area (Å²) in [4.78, 5) is 14.9. The molecule has 0 amide bonds. The first-order valence-corrected chi connectivity index (χ1v) is 7.63. The molecule has 0 radical (unpaired) electrons. The second kappa shape index (κ2) is 7.85. The number of hydrogen-bond donors (Lipinski definition) is 1. The maximum Gasteiger partial charge on any atom is 0.305 e. The molecule has 0 aromatic carbocycles. The highest BCUT2D eigenvalue weighted by Gasteiger charge is 2.11. The molecule has 1 rings (SSSR count). The van der Waals surface area contributed by atoms with E-state index in [0.717, 1.165) is 5.69 Å².